The summed E-state index contributed by atoms with van der Waals surface area (Å²) in [5, 5.41) is 4.49. The number of amides is 1. The SMILES string of the molecule is CC(C)(C)C(=O)N1CC(n2nc(-c3ccccc3)ccc2=O)C1. The van der Waals surface area contributed by atoms with E-state index in [1.54, 1.807) is 17.0 Å². The maximum absolute atomic E-state index is 12.2. The number of benzene rings is 1. The molecule has 1 aliphatic heterocycles. The van der Waals surface area contributed by atoms with E-state index in [4.69, 9.17) is 0 Å². The van der Waals surface area contributed by atoms with Crippen molar-refractivity contribution in [1.29, 1.82) is 0 Å². The van der Waals surface area contributed by atoms with Gasteiger partial charge in [0.25, 0.3) is 5.56 Å². The van der Waals surface area contributed by atoms with Crippen molar-refractivity contribution < 1.29 is 4.79 Å². The van der Waals surface area contributed by atoms with Crippen LogP contribution in [0, 0.1) is 5.41 Å². The van der Waals surface area contributed by atoms with E-state index < -0.39 is 5.41 Å². The van der Waals surface area contributed by atoms with Crippen LogP contribution in [0.4, 0.5) is 0 Å². The molecule has 0 N–H and O–H groups in total. The summed E-state index contributed by atoms with van der Waals surface area (Å²) >= 11 is 0. The van der Waals surface area contributed by atoms with Gasteiger partial charge >= 0.3 is 0 Å². The highest BCUT2D eigenvalue weighted by Crippen LogP contribution is 2.26. The first kappa shape index (κ1) is 15.5. The first-order valence-electron chi connectivity index (χ1n) is 7.81. The molecule has 1 aromatic carbocycles. The van der Waals surface area contributed by atoms with Gasteiger partial charge in [-0.05, 0) is 6.07 Å². The molecule has 1 aromatic heterocycles. The summed E-state index contributed by atoms with van der Waals surface area (Å²) in [6.45, 7) is 6.80. The summed E-state index contributed by atoms with van der Waals surface area (Å²) in [5.41, 5.74) is 1.22. The standard InChI is InChI=1S/C18H21N3O2/c1-18(2,3)17(23)20-11-14(12-20)21-16(22)10-9-15(19-21)13-7-5-4-6-8-13/h4-10,14H,11-12H2,1-3H3. The van der Waals surface area contributed by atoms with Gasteiger partial charge in [-0.25, -0.2) is 4.68 Å². The summed E-state index contributed by atoms with van der Waals surface area (Å²) in [4.78, 5) is 26.1. The lowest BCUT2D eigenvalue weighted by Gasteiger charge is -2.42. The third kappa shape index (κ3) is 3.04. The summed E-state index contributed by atoms with van der Waals surface area (Å²) in [7, 11) is 0. The number of nitrogens with zero attached hydrogens (tertiary/aromatic N) is 3. The van der Waals surface area contributed by atoms with Crippen LogP contribution in [0.25, 0.3) is 11.3 Å². The van der Waals surface area contributed by atoms with E-state index in [1.807, 2.05) is 51.1 Å². The van der Waals surface area contributed by atoms with Crippen molar-refractivity contribution in [2.75, 3.05) is 13.1 Å². The van der Waals surface area contributed by atoms with E-state index in [-0.39, 0.29) is 17.5 Å². The predicted molar refractivity (Wildman–Crippen MR) is 89.0 cm³/mol. The zero-order chi connectivity index (χ0) is 16.6. The lowest BCUT2D eigenvalue weighted by Crippen LogP contribution is -2.56. The molecule has 2 aromatic rings. The molecule has 0 bridgehead atoms. The Morgan fingerprint density at radius 2 is 1.74 bits per heavy atom. The van der Waals surface area contributed by atoms with Crippen molar-refractivity contribution in [3.8, 4) is 11.3 Å². The van der Waals surface area contributed by atoms with Gasteiger partial charge in [-0.15, -0.1) is 0 Å². The Balaban J connectivity index is 1.80. The van der Waals surface area contributed by atoms with Gasteiger partial charge in [-0.3, -0.25) is 9.59 Å². The number of carbonyl (C=O) groups is 1. The number of hydrogen-bond donors (Lipinski definition) is 0. The van der Waals surface area contributed by atoms with Crippen molar-refractivity contribution in [1.82, 2.24) is 14.7 Å². The topological polar surface area (TPSA) is 55.2 Å². The van der Waals surface area contributed by atoms with Crippen LogP contribution < -0.4 is 5.56 Å². The van der Waals surface area contributed by atoms with Crippen molar-refractivity contribution >= 4 is 5.91 Å². The second-order valence-corrected chi connectivity index (χ2v) is 6.98. The molecule has 3 rings (SSSR count). The van der Waals surface area contributed by atoms with E-state index in [2.05, 4.69) is 5.10 Å². The molecule has 2 heterocycles. The average molecular weight is 311 g/mol. The van der Waals surface area contributed by atoms with Crippen molar-refractivity contribution in [2.24, 2.45) is 5.41 Å². The molecule has 5 nitrogen and oxygen atoms in total. The van der Waals surface area contributed by atoms with E-state index in [0.29, 0.717) is 13.1 Å². The number of hydrogen-bond acceptors (Lipinski definition) is 3. The van der Waals surface area contributed by atoms with Gasteiger partial charge in [0, 0.05) is 30.1 Å². The Morgan fingerprint density at radius 1 is 1.09 bits per heavy atom. The van der Waals surface area contributed by atoms with Gasteiger partial charge in [0.05, 0.1) is 11.7 Å². The number of rotatable bonds is 2. The van der Waals surface area contributed by atoms with Crippen molar-refractivity contribution in [3.05, 3.63) is 52.8 Å². The molecular weight excluding hydrogens is 290 g/mol. The Hall–Kier alpha value is -2.43. The minimum atomic E-state index is -0.394. The van der Waals surface area contributed by atoms with Crippen LogP contribution in [0.15, 0.2) is 47.3 Å². The fourth-order valence-electron chi connectivity index (χ4n) is 2.70. The molecule has 0 atom stereocenters. The van der Waals surface area contributed by atoms with Crippen LogP contribution in [-0.2, 0) is 4.79 Å². The van der Waals surface area contributed by atoms with E-state index in [9.17, 15) is 9.59 Å². The minimum Gasteiger partial charge on any atom is -0.338 e. The van der Waals surface area contributed by atoms with Crippen LogP contribution in [0.3, 0.4) is 0 Å². The second-order valence-electron chi connectivity index (χ2n) is 6.98. The van der Waals surface area contributed by atoms with E-state index in [0.717, 1.165) is 11.3 Å². The molecule has 1 fully saturated rings. The minimum absolute atomic E-state index is 0.0440. The van der Waals surface area contributed by atoms with Gasteiger partial charge in [-0.1, -0.05) is 51.1 Å². The summed E-state index contributed by atoms with van der Waals surface area (Å²) in [5.74, 6) is 0.112. The van der Waals surface area contributed by atoms with Crippen LogP contribution in [0.2, 0.25) is 0 Å². The lowest BCUT2D eigenvalue weighted by atomic mass is 9.92. The van der Waals surface area contributed by atoms with E-state index in [1.165, 1.54) is 4.68 Å². The van der Waals surface area contributed by atoms with Gasteiger partial charge in [0.15, 0.2) is 0 Å². The highest BCUT2D eigenvalue weighted by atomic mass is 16.2. The highest BCUT2D eigenvalue weighted by molar-refractivity contribution is 5.82. The zero-order valence-corrected chi connectivity index (χ0v) is 13.7. The molecule has 120 valence electrons. The second kappa shape index (κ2) is 5.65. The average Bonchev–Trinajstić information content (AvgIpc) is 2.47. The molecule has 0 aliphatic carbocycles. The van der Waals surface area contributed by atoms with Gasteiger partial charge in [0.2, 0.25) is 5.91 Å². The first-order valence-corrected chi connectivity index (χ1v) is 7.81. The van der Waals surface area contributed by atoms with Gasteiger partial charge < -0.3 is 4.90 Å². The maximum atomic E-state index is 12.2. The van der Waals surface area contributed by atoms with Crippen LogP contribution in [0.5, 0.6) is 0 Å². The lowest BCUT2D eigenvalue weighted by molar-refractivity contribution is -0.145. The van der Waals surface area contributed by atoms with Crippen LogP contribution in [0.1, 0.15) is 26.8 Å². The third-order valence-electron chi connectivity index (χ3n) is 4.03. The summed E-state index contributed by atoms with van der Waals surface area (Å²) in [6, 6.07) is 13.0. The Kier molecular flexibility index (Phi) is 3.80. The summed E-state index contributed by atoms with van der Waals surface area (Å²) < 4.78 is 1.51. The largest absolute Gasteiger partial charge is 0.338 e. The predicted octanol–water partition coefficient (Wildman–Crippen LogP) is 2.34. The quantitative estimate of drug-likeness (QED) is 0.855. The number of likely N-dealkylation sites (tertiary alicyclic amines) is 1. The van der Waals surface area contributed by atoms with Gasteiger partial charge in [0.1, 0.15) is 0 Å². The maximum Gasteiger partial charge on any atom is 0.267 e. The zero-order valence-electron chi connectivity index (χ0n) is 13.7. The molecule has 0 radical (unpaired) electrons. The summed E-state index contributed by atoms with van der Waals surface area (Å²) in [6.07, 6.45) is 0. The first-order chi connectivity index (χ1) is 10.9. The fraction of sp³-hybridized carbons (Fsp3) is 0.389. The molecule has 0 unspecified atom stereocenters. The van der Waals surface area contributed by atoms with E-state index >= 15 is 0 Å². The molecular formula is C18H21N3O2. The third-order valence-corrected chi connectivity index (χ3v) is 4.03. The smallest absolute Gasteiger partial charge is 0.267 e. The molecule has 1 amide bonds. The highest BCUT2D eigenvalue weighted by Gasteiger charge is 2.37. The van der Waals surface area contributed by atoms with Gasteiger partial charge in [-0.2, -0.15) is 5.10 Å². The number of aromatic nitrogens is 2. The normalized spacial score (nSPS) is 15.3. The number of carbonyl (C=O) groups excluding carboxylic acids is 1. The Bertz CT molecular complexity index is 769. The molecule has 0 saturated carbocycles. The fourth-order valence-corrected chi connectivity index (χ4v) is 2.70. The molecule has 23 heavy (non-hydrogen) atoms. The van der Waals surface area contributed by atoms with Crippen LogP contribution >= 0.6 is 0 Å². The Morgan fingerprint density at radius 3 is 2.35 bits per heavy atom. The Labute approximate surface area is 135 Å². The molecule has 1 saturated heterocycles. The molecule has 1 aliphatic rings. The molecule has 0 spiro atoms. The van der Waals surface area contributed by atoms with Crippen molar-refractivity contribution in [3.63, 3.8) is 0 Å². The molecule has 5 heteroatoms. The van der Waals surface area contributed by atoms with Crippen LogP contribution in [-0.4, -0.2) is 33.7 Å². The van der Waals surface area contributed by atoms with Crippen molar-refractivity contribution in [2.45, 2.75) is 26.8 Å². The monoisotopic (exact) mass is 311 g/mol.